The number of benzene rings is 1. The van der Waals surface area contributed by atoms with Crippen molar-refractivity contribution in [3.05, 3.63) is 41.6 Å². The third-order valence-electron chi connectivity index (χ3n) is 7.04. The Bertz CT molecular complexity index is 999. The minimum atomic E-state index is -4.53. The second kappa shape index (κ2) is 11.1. The van der Waals surface area contributed by atoms with Gasteiger partial charge in [0.1, 0.15) is 6.23 Å². The molecule has 2 fully saturated rings. The molecule has 7 nitrogen and oxygen atoms in total. The molecule has 1 aromatic heterocycles. The molecule has 2 aliphatic carbocycles. The van der Waals surface area contributed by atoms with Crippen molar-refractivity contribution < 1.29 is 23.1 Å². The van der Waals surface area contributed by atoms with Crippen molar-refractivity contribution in [3.8, 4) is 11.3 Å². The van der Waals surface area contributed by atoms with Gasteiger partial charge in [0.05, 0.1) is 17.3 Å². The second-order valence-electron chi connectivity index (χ2n) is 9.63. The highest BCUT2D eigenvalue weighted by Crippen LogP contribution is 2.40. The molecule has 35 heavy (non-hydrogen) atoms. The van der Waals surface area contributed by atoms with E-state index in [0.29, 0.717) is 13.0 Å². The summed E-state index contributed by atoms with van der Waals surface area (Å²) in [6, 6.07) is 6.68. The monoisotopic (exact) mass is 493 g/mol. The molecule has 1 amide bonds. The molecule has 2 atom stereocenters. The number of nitrogens with one attached hydrogen (secondary N) is 2. The molecule has 0 radical (unpaired) electrons. The zero-order chi connectivity index (χ0) is 25.0. The van der Waals surface area contributed by atoms with Crippen molar-refractivity contribution in [2.75, 3.05) is 6.54 Å². The first-order valence-electron chi connectivity index (χ1n) is 12.5. The van der Waals surface area contributed by atoms with E-state index in [1.807, 2.05) is 0 Å². The molecule has 1 unspecified atom stereocenters. The number of halogens is 3. The lowest BCUT2D eigenvalue weighted by molar-refractivity contribution is -0.137. The fourth-order valence-corrected chi connectivity index (χ4v) is 4.98. The summed E-state index contributed by atoms with van der Waals surface area (Å²) in [5.74, 6) is -0.484. The highest BCUT2D eigenvalue weighted by atomic mass is 19.4. The fourth-order valence-electron chi connectivity index (χ4n) is 4.98. The van der Waals surface area contributed by atoms with E-state index in [2.05, 4.69) is 15.7 Å². The number of hydrogen-bond acceptors (Lipinski definition) is 5. The summed E-state index contributed by atoms with van der Waals surface area (Å²) in [6.07, 6.45) is 2.16. The van der Waals surface area contributed by atoms with E-state index < -0.39 is 29.9 Å². The summed E-state index contributed by atoms with van der Waals surface area (Å²) in [6.45, 7) is 0.321. The number of carbonyl (C=O) groups excluding carboxylic acids is 1. The fraction of sp³-hybridized carbons (Fsp3) is 0.600. The standard InChI is InChI=1S/C25H34F3N5O2/c26-25(27,28)20-11-4-3-10-19(20)22-15-21(32-33(22)18-8-1-2-9-18)24(35)31-17(12-13-29)14-23(34)30-16-6-5-7-16/h3-4,10-11,15-18,23,30,34H,1-2,5-9,12-14,29H2,(H,31,35)/t17-,23?/m0/s1. The summed E-state index contributed by atoms with van der Waals surface area (Å²) in [5, 5.41) is 20.9. The minimum Gasteiger partial charge on any atom is -0.379 e. The lowest BCUT2D eigenvalue weighted by atomic mass is 9.93. The van der Waals surface area contributed by atoms with Gasteiger partial charge in [0.2, 0.25) is 0 Å². The minimum absolute atomic E-state index is 0.0112. The van der Waals surface area contributed by atoms with Gasteiger partial charge in [-0.15, -0.1) is 0 Å². The van der Waals surface area contributed by atoms with Crippen LogP contribution in [0.15, 0.2) is 30.3 Å². The molecule has 0 aliphatic heterocycles. The highest BCUT2D eigenvalue weighted by Gasteiger charge is 2.35. The number of alkyl halides is 3. The maximum absolute atomic E-state index is 13.8. The molecular weight excluding hydrogens is 459 g/mol. The first-order chi connectivity index (χ1) is 16.8. The lowest BCUT2D eigenvalue weighted by Crippen LogP contribution is -2.47. The van der Waals surface area contributed by atoms with Gasteiger partial charge in [-0.1, -0.05) is 37.5 Å². The molecule has 10 heteroatoms. The normalized spacial score (nSPS) is 18.9. The summed E-state index contributed by atoms with van der Waals surface area (Å²) in [5.41, 5.74) is 5.33. The zero-order valence-corrected chi connectivity index (χ0v) is 19.7. The molecular formula is C25H34F3N5O2. The van der Waals surface area contributed by atoms with Gasteiger partial charge in [-0.25, -0.2) is 0 Å². The van der Waals surface area contributed by atoms with Crippen LogP contribution in [0, 0.1) is 0 Å². The van der Waals surface area contributed by atoms with Gasteiger partial charge >= 0.3 is 6.18 Å². The number of rotatable bonds is 10. The predicted octanol–water partition coefficient (Wildman–Crippen LogP) is 3.98. The van der Waals surface area contributed by atoms with Crippen LogP contribution in [0.1, 0.15) is 79.9 Å². The summed E-state index contributed by atoms with van der Waals surface area (Å²) in [7, 11) is 0. The van der Waals surface area contributed by atoms with Gasteiger partial charge < -0.3 is 16.2 Å². The van der Waals surface area contributed by atoms with Crippen LogP contribution >= 0.6 is 0 Å². The smallest absolute Gasteiger partial charge is 0.379 e. The van der Waals surface area contributed by atoms with Crippen LogP contribution in [0.2, 0.25) is 0 Å². The molecule has 2 saturated carbocycles. The predicted molar refractivity (Wildman–Crippen MR) is 126 cm³/mol. The van der Waals surface area contributed by atoms with Gasteiger partial charge in [0, 0.05) is 24.1 Å². The van der Waals surface area contributed by atoms with Crippen molar-refractivity contribution in [1.82, 2.24) is 20.4 Å². The largest absolute Gasteiger partial charge is 0.417 e. The van der Waals surface area contributed by atoms with E-state index >= 15 is 0 Å². The Labute approximate surface area is 203 Å². The van der Waals surface area contributed by atoms with Crippen molar-refractivity contribution in [2.24, 2.45) is 5.73 Å². The van der Waals surface area contributed by atoms with Gasteiger partial charge in [-0.3, -0.25) is 14.8 Å². The number of carbonyl (C=O) groups is 1. The summed E-state index contributed by atoms with van der Waals surface area (Å²) in [4.78, 5) is 13.1. The Morgan fingerprint density at radius 2 is 1.89 bits per heavy atom. The average molecular weight is 494 g/mol. The van der Waals surface area contributed by atoms with Crippen LogP contribution in [0.3, 0.4) is 0 Å². The van der Waals surface area contributed by atoms with Crippen LogP contribution in [0.4, 0.5) is 13.2 Å². The number of nitrogens with two attached hydrogens (primary N) is 1. The summed E-state index contributed by atoms with van der Waals surface area (Å²) >= 11 is 0. The SMILES string of the molecule is NCC[C@@H](CC(O)NC1CCC1)NC(=O)c1cc(-c2ccccc2C(F)(F)F)n(C2CCCC2)n1. The first-order valence-corrected chi connectivity index (χ1v) is 12.5. The molecule has 0 bridgehead atoms. The van der Waals surface area contributed by atoms with E-state index in [1.54, 1.807) is 10.7 Å². The molecule has 1 aromatic carbocycles. The van der Waals surface area contributed by atoms with E-state index in [4.69, 9.17) is 5.73 Å². The number of hydrogen-bond donors (Lipinski definition) is 4. The Morgan fingerprint density at radius 3 is 2.51 bits per heavy atom. The van der Waals surface area contributed by atoms with Crippen LogP contribution in [0.25, 0.3) is 11.3 Å². The van der Waals surface area contributed by atoms with Crippen molar-refractivity contribution >= 4 is 5.91 Å². The molecule has 2 aliphatic rings. The molecule has 5 N–H and O–H groups in total. The third-order valence-corrected chi connectivity index (χ3v) is 7.04. The van der Waals surface area contributed by atoms with Crippen LogP contribution in [-0.2, 0) is 6.18 Å². The Hall–Kier alpha value is -2.43. The summed E-state index contributed by atoms with van der Waals surface area (Å²) < 4.78 is 42.9. The van der Waals surface area contributed by atoms with Gasteiger partial charge in [0.15, 0.2) is 5.69 Å². The molecule has 192 valence electrons. The molecule has 1 heterocycles. The van der Waals surface area contributed by atoms with E-state index in [9.17, 15) is 23.1 Å². The number of nitrogens with zero attached hydrogens (tertiary/aromatic N) is 2. The van der Waals surface area contributed by atoms with Crippen molar-refractivity contribution in [2.45, 2.75) is 88.3 Å². The maximum atomic E-state index is 13.8. The van der Waals surface area contributed by atoms with E-state index in [1.165, 1.54) is 18.2 Å². The number of aliphatic hydroxyl groups is 1. The zero-order valence-electron chi connectivity index (χ0n) is 19.7. The molecule has 0 saturated heterocycles. The van der Waals surface area contributed by atoms with Crippen LogP contribution in [0.5, 0.6) is 0 Å². The number of aromatic nitrogens is 2. The quantitative estimate of drug-likeness (QED) is 0.375. The Kier molecular flexibility index (Phi) is 8.13. The molecule has 0 spiro atoms. The second-order valence-corrected chi connectivity index (χ2v) is 9.63. The number of aliphatic hydroxyl groups excluding tert-OH is 1. The van der Waals surface area contributed by atoms with Gasteiger partial charge in [0.25, 0.3) is 5.91 Å². The van der Waals surface area contributed by atoms with Gasteiger partial charge in [-0.2, -0.15) is 18.3 Å². The third kappa shape index (κ3) is 6.23. The van der Waals surface area contributed by atoms with E-state index in [0.717, 1.165) is 51.0 Å². The van der Waals surface area contributed by atoms with Crippen LogP contribution in [-0.4, -0.2) is 45.7 Å². The van der Waals surface area contributed by atoms with Crippen molar-refractivity contribution in [1.29, 1.82) is 0 Å². The van der Waals surface area contributed by atoms with E-state index in [-0.39, 0.29) is 35.5 Å². The molecule has 4 rings (SSSR count). The Balaban J connectivity index is 1.58. The van der Waals surface area contributed by atoms with Gasteiger partial charge in [-0.05, 0) is 50.8 Å². The highest BCUT2D eigenvalue weighted by molar-refractivity contribution is 5.93. The van der Waals surface area contributed by atoms with Crippen LogP contribution < -0.4 is 16.4 Å². The molecule has 2 aromatic rings. The Morgan fingerprint density at radius 1 is 1.17 bits per heavy atom. The van der Waals surface area contributed by atoms with Crippen molar-refractivity contribution in [3.63, 3.8) is 0 Å². The average Bonchev–Trinajstić information content (AvgIpc) is 3.46. The first kappa shape index (κ1) is 25.7. The topological polar surface area (TPSA) is 105 Å². The number of amides is 1. The lowest BCUT2D eigenvalue weighted by Gasteiger charge is -2.30. The maximum Gasteiger partial charge on any atom is 0.417 e.